The van der Waals surface area contributed by atoms with Gasteiger partial charge in [-0.3, -0.25) is 4.98 Å². The number of nitrogens with one attached hydrogen (secondary N) is 1. The Morgan fingerprint density at radius 2 is 1.84 bits per heavy atom. The van der Waals surface area contributed by atoms with Gasteiger partial charge in [0.2, 0.25) is 0 Å². The van der Waals surface area contributed by atoms with Crippen LogP contribution < -0.4 is 21.5 Å². The van der Waals surface area contributed by atoms with Gasteiger partial charge in [0.25, 0.3) is 0 Å². The van der Waals surface area contributed by atoms with E-state index in [4.69, 9.17) is 26.2 Å². The van der Waals surface area contributed by atoms with Crippen LogP contribution in [0.25, 0.3) is 32.6 Å². The number of nitrogen functional groups attached to an aromatic ring is 2. The third-order valence-corrected chi connectivity index (χ3v) is 5.90. The van der Waals surface area contributed by atoms with Gasteiger partial charge in [0, 0.05) is 34.3 Å². The molecule has 162 valence electrons. The van der Waals surface area contributed by atoms with Gasteiger partial charge in [0.15, 0.2) is 0 Å². The zero-order chi connectivity index (χ0) is 22.3. The molecule has 0 unspecified atom stereocenters. The Balaban J connectivity index is 2.14. The van der Waals surface area contributed by atoms with Gasteiger partial charge in [-0.15, -0.1) is 0 Å². The molecule has 2 aromatic carbocycles. The van der Waals surface area contributed by atoms with Crippen LogP contribution in [-0.2, 0) is 6.42 Å². The number of aryl methyl sites for hydroxylation is 2. The van der Waals surface area contributed by atoms with Gasteiger partial charge in [-0.2, -0.15) is 0 Å². The summed E-state index contributed by atoms with van der Waals surface area (Å²) < 4.78 is 5.64. The predicted octanol–water partition coefficient (Wildman–Crippen LogP) is 3.95. The van der Waals surface area contributed by atoms with Crippen molar-refractivity contribution in [1.29, 1.82) is 0 Å². The molecule has 0 radical (unpaired) electrons. The number of hydrogen-bond acceptors (Lipinski definition) is 7. The second-order valence-electron chi connectivity index (χ2n) is 8.21. The summed E-state index contributed by atoms with van der Waals surface area (Å²) in [7, 11) is 7.71. The molecular weight excluding hydrogens is 388 g/mol. The Kier molecular flexibility index (Phi) is 5.45. The van der Waals surface area contributed by atoms with E-state index in [0.717, 1.165) is 74.7 Å². The molecule has 0 aliphatic rings. The molecular formula is C24H30N6O. The molecule has 5 N–H and O–H groups in total. The lowest BCUT2D eigenvalue weighted by molar-refractivity contribution is 0.400. The maximum absolute atomic E-state index is 6.55. The predicted molar refractivity (Wildman–Crippen MR) is 131 cm³/mol. The van der Waals surface area contributed by atoms with Crippen molar-refractivity contribution in [2.24, 2.45) is 0 Å². The van der Waals surface area contributed by atoms with Crippen molar-refractivity contribution in [3.63, 3.8) is 0 Å². The molecule has 0 spiro atoms. The highest BCUT2D eigenvalue weighted by molar-refractivity contribution is 6.23. The SMILES string of the molecule is CNc1cc2nc(CCCN(C)C)c3c(N)nc4c(C)c(N)ccc4c3c2cc1OC. The largest absolute Gasteiger partial charge is 0.495 e. The van der Waals surface area contributed by atoms with E-state index in [0.29, 0.717) is 11.5 Å². The van der Waals surface area contributed by atoms with Crippen molar-refractivity contribution in [3.05, 3.63) is 35.5 Å². The van der Waals surface area contributed by atoms with Crippen molar-refractivity contribution in [2.45, 2.75) is 19.8 Å². The summed E-state index contributed by atoms with van der Waals surface area (Å²) >= 11 is 0. The summed E-state index contributed by atoms with van der Waals surface area (Å²) in [4.78, 5) is 12.0. The number of aromatic nitrogens is 2. The second-order valence-corrected chi connectivity index (χ2v) is 8.21. The van der Waals surface area contributed by atoms with E-state index in [2.05, 4.69) is 24.3 Å². The third-order valence-electron chi connectivity index (χ3n) is 5.90. The Hall–Kier alpha value is -3.32. The summed E-state index contributed by atoms with van der Waals surface area (Å²) in [6.45, 7) is 2.96. The molecule has 2 heterocycles. The van der Waals surface area contributed by atoms with Crippen molar-refractivity contribution in [2.75, 3.05) is 51.6 Å². The monoisotopic (exact) mass is 418 g/mol. The fourth-order valence-corrected chi connectivity index (χ4v) is 4.24. The average Bonchev–Trinajstić information content (AvgIpc) is 2.75. The number of rotatable bonds is 6. The fraction of sp³-hybridized carbons (Fsp3) is 0.333. The number of anilines is 3. The maximum Gasteiger partial charge on any atom is 0.142 e. The molecule has 0 amide bonds. The van der Waals surface area contributed by atoms with Crippen molar-refractivity contribution >= 4 is 49.8 Å². The van der Waals surface area contributed by atoms with E-state index in [1.165, 1.54) is 0 Å². The molecule has 0 saturated carbocycles. The molecule has 4 rings (SSSR count). The molecule has 0 aliphatic heterocycles. The van der Waals surface area contributed by atoms with Gasteiger partial charge >= 0.3 is 0 Å². The van der Waals surface area contributed by atoms with Crippen LogP contribution in [0.2, 0.25) is 0 Å². The van der Waals surface area contributed by atoms with Crippen LogP contribution in [0.1, 0.15) is 17.7 Å². The second kappa shape index (κ2) is 8.07. The maximum atomic E-state index is 6.55. The first-order chi connectivity index (χ1) is 14.8. The highest BCUT2D eigenvalue weighted by Crippen LogP contribution is 2.40. The summed E-state index contributed by atoms with van der Waals surface area (Å²) in [5.41, 5.74) is 18.0. The number of pyridine rings is 2. The molecule has 0 aliphatic carbocycles. The van der Waals surface area contributed by atoms with Gasteiger partial charge in [0.1, 0.15) is 11.6 Å². The number of methoxy groups -OCH3 is 1. The van der Waals surface area contributed by atoms with Gasteiger partial charge < -0.3 is 26.4 Å². The molecule has 0 atom stereocenters. The highest BCUT2D eigenvalue weighted by Gasteiger charge is 2.19. The lowest BCUT2D eigenvalue weighted by Crippen LogP contribution is -2.14. The first kappa shape index (κ1) is 20.9. The van der Waals surface area contributed by atoms with Gasteiger partial charge in [-0.05, 0) is 64.2 Å². The van der Waals surface area contributed by atoms with Crippen molar-refractivity contribution < 1.29 is 4.74 Å². The molecule has 2 aromatic heterocycles. The number of fused-ring (bicyclic) bond motifs is 5. The Morgan fingerprint density at radius 3 is 2.52 bits per heavy atom. The molecule has 0 fully saturated rings. The van der Waals surface area contributed by atoms with E-state index < -0.39 is 0 Å². The first-order valence-electron chi connectivity index (χ1n) is 10.5. The minimum absolute atomic E-state index is 0.488. The van der Waals surface area contributed by atoms with E-state index in [-0.39, 0.29) is 0 Å². The van der Waals surface area contributed by atoms with Crippen LogP contribution in [-0.4, -0.2) is 49.7 Å². The summed E-state index contributed by atoms with van der Waals surface area (Å²) in [5.74, 6) is 1.25. The van der Waals surface area contributed by atoms with E-state index in [1.54, 1.807) is 7.11 Å². The normalized spacial score (nSPS) is 11.7. The molecule has 31 heavy (non-hydrogen) atoms. The van der Waals surface area contributed by atoms with Crippen LogP contribution >= 0.6 is 0 Å². The summed E-state index contributed by atoms with van der Waals surface area (Å²) in [6, 6.07) is 8.04. The smallest absolute Gasteiger partial charge is 0.142 e. The van der Waals surface area contributed by atoms with Crippen LogP contribution in [0.5, 0.6) is 5.75 Å². The van der Waals surface area contributed by atoms with E-state index in [9.17, 15) is 0 Å². The van der Waals surface area contributed by atoms with Crippen LogP contribution in [0.15, 0.2) is 24.3 Å². The number of ether oxygens (including phenoxy) is 1. The third kappa shape index (κ3) is 3.55. The van der Waals surface area contributed by atoms with Crippen molar-refractivity contribution in [3.8, 4) is 5.75 Å². The lowest BCUT2D eigenvalue weighted by Gasteiger charge is -2.17. The number of hydrogen-bond donors (Lipinski definition) is 3. The fourth-order valence-electron chi connectivity index (χ4n) is 4.24. The molecule has 7 nitrogen and oxygen atoms in total. The first-order valence-corrected chi connectivity index (χ1v) is 10.5. The molecule has 7 heteroatoms. The van der Waals surface area contributed by atoms with Crippen LogP contribution in [0, 0.1) is 6.92 Å². The van der Waals surface area contributed by atoms with Crippen LogP contribution in [0.3, 0.4) is 0 Å². The lowest BCUT2D eigenvalue weighted by atomic mass is 9.96. The summed E-state index contributed by atoms with van der Waals surface area (Å²) in [5, 5.41) is 7.19. The Bertz CT molecular complexity index is 1300. The highest BCUT2D eigenvalue weighted by atomic mass is 16.5. The average molecular weight is 419 g/mol. The zero-order valence-electron chi connectivity index (χ0n) is 18.8. The zero-order valence-corrected chi connectivity index (χ0v) is 18.8. The molecule has 4 aromatic rings. The molecule has 0 saturated heterocycles. The van der Waals surface area contributed by atoms with Gasteiger partial charge in [0.05, 0.1) is 29.5 Å². The summed E-state index contributed by atoms with van der Waals surface area (Å²) in [6.07, 6.45) is 1.80. The van der Waals surface area contributed by atoms with E-state index in [1.807, 2.05) is 38.2 Å². The number of nitrogens with zero attached hydrogens (tertiary/aromatic N) is 3. The van der Waals surface area contributed by atoms with Gasteiger partial charge in [-0.1, -0.05) is 6.07 Å². The number of nitrogens with two attached hydrogens (primary N) is 2. The Morgan fingerprint density at radius 1 is 1.06 bits per heavy atom. The van der Waals surface area contributed by atoms with Gasteiger partial charge in [-0.25, -0.2) is 4.98 Å². The Labute approximate surface area is 182 Å². The quantitative estimate of drug-likeness (QED) is 0.322. The van der Waals surface area contributed by atoms with Crippen molar-refractivity contribution in [1.82, 2.24) is 14.9 Å². The minimum Gasteiger partial charge on any atom is -0.495 e. The topological polar surface area (TPSA) is 102 Å². The number of benzene rings is 2. The standard InChI is InChI=1S/C24H30N6O/c1-13-16(25)9-8-14-21-15-11-20(31-5)19(27-2)12-18(15)28-17(7-6-10-30(3)4)22(21)24(26)29-23(13)14/h8-9,11-12,27H,6-7,10,25H2,1-5H3,(H2,26,29). The minimum atomic E-state index is 0.488. The van der Waals surface area contributed by atoms with E-state index >= 15 is 0 Å². The van der Waals surface area contributed by atoms with Crippen LogP contribution in [0.4, 0.5) is 17.2 Å². The molecule has 0 bridgehead atoms.